The normalized spacial score (nSPS) is 11.8. The first-order chi connectivity index (χ1) is 10.1. The van der Waals surface area contributed by atoms with E-state index in [2.05, 4.69) is 20.5 Å². The van der Waals surface area contributed by atoms with Gasteiger partial charge in [0.2, 0.25) is 5.95 Å². The topological polar surface area (TPSA) is 83.3 Å². The maximum Gasteiger partial charge on any atom is 0.252 e. The van der Waals surface area contributed by atoms with Crippen LogP contribution in [0.2, 0.25) is 0 Å². The molecule has 0 saturated carbocycles. The van der Waals surface area contributed by atoms with Crippen molar-refractivity contribution in [1.82, 2.24) is 9.97 Å². The number of nitrogens with zero attached hydrogens (tertiary/aromatic N) is 2. The number of benzene rings is 1. The van der Waals surface area contributed by atoms with Crippen LogP contribution in [0.1, 0.15) is 18.4 Å². The Morgan fingerprint density at radius 2 is 2.14 bits per heavy atom. The summed E-state index contributed by atoms with van der Waals surface area (Å²) in [5.74, 6) is 0.967. The Kier molecular flexibility index (Phi) is 3.27. The Hall–Kier alpha value is -2.89. The maximum absolute atomic E-state index is 11.3. The highest BCUT2D eigenvalue weighted by Crippen LogP contribution is 2.19. The molecule has 0 aliphatic heterocycles. The van der Waals surface area contributed by atoms with E-state index >= 15 is 0 Å². The Balaban J connectivity index is 1.86. The summed E-state index contributed by atoms with van der Waals surface area (Å²) in [6.45, 7) is 3.56. The van der Waals surface area contributed by atoms with Gasteiger partial charge < -0.3 is 4.42 Å². The smallest absolute Gasteiger partial charge is 0.252 e. The van der Waals surface area contributed by atoms with Gasteiger partial charge in [0.1, 0.15) is 11.3 Å². The second-order valence-corrected chi connectivity index (χ2v) is 4.69. The number of hydrazone groups is 1. The Morgan fingerprint density at radius 3 is 2.90 bits per heavy atom. The van der Waals surface area contributed by atoms with Crippen molar-refractivity contribution in [2.24, 2.45) is 5.10 Å². The van der Waals surface area contributed by atoms with Crippen molar-refractivity contribution in [3.63, 3.8) is 0 Å². The van der Waals surface area contributed by atoms with Crippen LogP contribution in [0.15, 0.2) is 50.7 Å². The third kappa shape index (κ3) is 2.84. The summed E-state index contributed by atoms with van der Waals surface area (Å²) >= 11 is 0. The number of para-hydroxylation sites is 1. The number of H-pyrrole nitrogens is 1. The minimum Gasteiger partial charge on any atom is -0.455 e. The van der Waals surface area contributed by atoms with Gasteiger partial charge in [0, 0.05) is 17.1 Å². The molecule has 0 bridgehead atoms. The molecule has 21 heavy (non-hydrogen) atoms. The van der Waals surface area contributed by atoms with Gasteiger partial charge in [-0.05, 0) is 26.0 Å². The van der Waals surface area contributed by atoms with Crippen molar-refractivity contribution in [3.8, 4) is 0 Å². The highest BCUT2D eigenvalue weighted by Gasteiger charge is 2.06. The van der Waals surface area contributed by atoms with Crippen LogP contribution in [0.3, 0.4) is 0 Å². The molecule has 3 rings (SSSR count). The minimum atomic E-state index is -0.221. The predicted octanol–water partition coefficient (Wildman–Crippen LogP) is 2.66. The summed E-state index contributed by atoms with van der Waals surface area (Å²) in [6.07, 6.45) is 0. The van der Waals surface area contributed by atoms with Crippen molar-refractivity contribution in [2.75, 3.05) is 5.43 Å². The molecule has 2 aromatic heterocycles. The molecular formula is C15H14N4O2. The van der Waals surface area contributed by atoms with E-state index in [4.69, 9.17) is 4.42 Å². The molecule has 0 amide bonds. The molecule has 0 aliphatic rings. The van der Waals surface area contributed by atoms with Gasteiger partial charge in [-0.1, -0.05) is 18.2 Å². The van der Waals surface area contributed by atoms with Gasteiger partial charge in [-0.15, -0.1) is 0 Å². The van der Waals surface area contributed by atoms with E-state index < -0.39 is 0 Å². The lowest BCUT2D eigenvalue weighted by Gasteiger charge is -2.01. The van der Waals surface area contributed by atoms with E-state index in [0.29, 0.717) is 23.1 Å². The van der Waals surface area contributed by atoms with Crippen molar-refractivity contribution in [1.29, 1.82) is 0 Å². The number of aromatic nitrogens is 2. The SMILES string of the molecule is C/C(=N/Nc1nc(C)cc(=O)[nH]1)c1cc2ccccc2o1. The molecule has 1 aromatic carbocycles. The third-order valence-corrected chi connectivity index (χ3v) is 2.98. The number of nitrogens with one attached hydrogen (secondary N) is 2. The largest absolute Gasteiger partial charge is 0.455 e. The summed E-state index contributed by atoms with van der Waals surface area (Å²) in [7, 11) is 0. The summed E-state index contributed by atoms with van der Waals surface area (Å²) in [4.78, 5) is 18.0. The fourth-order valence-corrected chi connectivity index (χ4v) is 1.98. The molecule has 106 valence electrons. The van der Waals surface area contributed by atoms with Crippen LogP contribution in [-0.4, -0.2) is 15.7 Å². The van der Waals surface area contributed by atoms with Gasteiger partial charge in [-0.25, -0.2) is 10.4 Å². The second-order valence-electron chi connectivity index (χ2n) is 4.69. The number of anilines is 1. The standard InChI is InChI=1S/C15H14N4O2/c1-9-7-14(20)17-15(16-9)19-18-10(2)13-8-11-5-3-4-6-12(11)21-13/h3-8H,1-2H3,(H2,16,17,19,20)/b18-10-. The first-order valence-electron chi connectivity index (χ1n) is 6.49. The van der Waals surface area contributed by atoms with Gasteiger partial charge >= 0.3 is 0 Å². The number of hydrogen-bond acceptors (Lipinski definition) is 5. The molecule has 0 unspecified atom stereocenters. The van der Waals surface area contributed by atoms with Crippen molar-refractivity contribution < 1.29 is 4.42 Å². The highest BCUT2D eigenvalue weighted by molar-refractivity contribution is 5.99. The van der Waals surface area contributed by atoms with Gasteiger partial charge in [-0.2, -0.15) is 5.10 Å². The zero-order valence-electron chi connectivity index (χ0n) is 11.7. The number of hydrogen-bond donors (Lipinski definition) is 2. The molecular weight excluding hydrogens is 268 g/mol. The highest BCUT2D eigenvalue weighted by atomic mass is 16.3. The van der Waals surface area contributed by atoms with E-state index in [9.17, 15) is 4.79 Å². The fourth-order valence-electron chi connectivity index (χ4n) is 1.98. The van der Waals surface area contributed by atoms with E-state index in [1.165, 1.54) is 6.07 Å². The average Bonchev–Trinajstić information content (AvgIpc) is 2.87. The molecule has 2 N–H and O–H groups in total. The monoisotopic (exact) mass is 282 g/mol. The van der Waals surface area contributed by atoms with Crippen LogP contribution < -0.4 is 11.0 Å². The summed E-state index contributed by atoms with van der Waals surface area (Å²) in [6, 6.07) is 11.1. The zero-order valence-corrected chi connectivity index (χ0v) is 11.7. The number of furan rings is 1. The first-order valence-corrected chi connectivity index (χ1v) is 6.49. The van der Waals surface area contributed by atoms with Crippen LogP contribution in [0.4, 0.5) is 5.95 Å². The molecule has 2 heterocycles. The molecule has 6 heteroatoms. The lowest BCUT2D eigenvalue weighted by atomic mass is 10.2. The van der Waals surface area contributed by atoms with E-state index in [0.717, 1.165) is 11.0 Å². The third-order valence-electron chi connectivity index (χ3n) is 2.98. The van der Waals surface area contributed by atoms with Crippen molar-refractivity contribution in [2.45, 2.75) is 13.8 Å². The van der Waals surface area contributed by atoms with Gasteiger partial charge in [0.25, 0.3) is 5.56 Å². The molecule has 0 spiro atoms. The Bertz CT molecular complexity index is 844. The van der Waals surface area contributed by atoms with Crippen molar-refractivity contribution in [3.05, 3.63) is 58.2 Å². The van der Waals surface area contributed by atoms with E-state index in [1.54, 1.807) is 6.92 Å². The van der Waals surface area contributed by atoms with Crippen LogP contribution in [0, 0.1) is 6.92 Å². The maximum atomic E-state index is 11.3. The average molecular weight is 282 g/mol. The molecule has 0 aliphatic carbocycles. The van der Waals surface area contributed by atoms with Gasteiger partial charge in [-0.3, -0.25) is 9.78 Å². The second kappa shape index (κ2) is 5.24. The molecule has 0 atom stereocenters. The van der Waals surface area contributed by atoms with Gasteiger partial charge in [0.05, 0.1) is 0 Å². The fraction of sp³-hybridized carbons (Fsp3) is 0.133. The molecule has 0 saturated heterocycles. The number of fused-ring (bicyclic) bond motifs is 1. The van der Waals surface area contributed by atoms with Crippen LogP contribution in [0.5, 0.6) is 0 Å². The Morgan fingerprint density at radius 1 is 1.33 bits per heavy atom. The van der Waals surface area contributed by atoms with E-state index in [-0.39, 0.29) is 5.56 Å². The lowest BCUT2D eigenvalue weighted by Crippen LogP contribution is -2.11. The van der Waals surface area contributed by atoms with Crippen LogP contribution >= 0.6 is 0 Å². The molecule has 0 radical (unpaired) electrons. The summed E-state index contributed by atoms with van der Waals surface area (Å²) < 4.78 is 5.70. The van der Waals surface area contributed by atoms with Crippen LogP contribution in [0.25, 0.3) is 11.0 Å². The predicted molar refractivity (Wildman–Crippen MR) is 81.6 cm³/mol. The Labute approximate surface area is 120 Å². The van der Waals surface area contributed by atoms with Gasteiger partial charge in [0.15, 0.2) is 5.76 Å². The quantitative estimate of drug-likeness (QED) is 0.571. The first kappa shape index (κ1) is 13.1. The number of aryl methyl sites for hydroxylation is 1. The van der Waals surface area contributed by atoms with Crippen molar-refractivity contribution >= 4 is 22.6 Å². The zero-order chi connectivity index (χ0) is 14.8. The van der Waals surface area contributed by atoms with E-state index in [1.807, 2.05) is 37.3 Å². The number of rotatable bonds is 3. The molecule has 0 fully saturated rings. The summed E-state index contributed by atoms with van der Waals surface area (Å²) in [5.41, 5.74) is 4.60. The summed E-state index contributed by atoms with van der Waals surface area (Å²) in [5, 5.41) is 5.20. The molecule has 3 aromatic rings. The minimum absolute atomic E-state index is 0.221. The molecule has 6 nitrogen and oxygen atoms in total. The number of aromatic amines is 1. The lowest BCUT2D eigenvalue weighted by molar-refractivity contribution is 0.604. The van der Waals surface area contributed by atoms with Crippen LogP contribution in [-0.2, 0) is 0 Å².